The molecule has 1 aliphatic rings. The van der Waals surface area contributed by atoms with Gasteiger partial charge in [-0.3, -0.25) is 6.08 Å². The SMILES string of the molecule is CCCCC1=[C-]CC=C1.[Hf].c1ccc(CCc2ccccc2)cc1. The standard InChI is InChI=1S/C14H14.C9H13.Hf/c1-3-7-13(8-4-1)11-12-14-9-5-2-6-10-14;1-2-3-6-9-7-4-5-8-9;/h1-10H,11-12H2;4,7H,2-3,5-6H2,1H3;/q;-1;. The van der Waals surface area contributed by atoms with Crippen LogP contribution in [0.2, 0.25) is 0 Å². The van der Waals surface area contributed by atoms with Crippen molar-refractivity contribution in [2.75, 3.05) is 0 Å². The predicted molar refractivity (Wildman–Crippen MR) is 100 cm³/mol. The van der Waals surface area contributed by atoms with Gasteiger partial charge in [0.2, 0.25) is 0 Å². The van der Waals surface area contributed by atoms with E-state index in [1.165, 1.54) is 36.0 Å². The van der Waals surface area contributed by atoms with Crippen LogP contribution in [-0.2, 0) is 38.7 Å². The van der Waals surface area contributed by atoms with E-state index in [9.17, 15) is 0 Å². The van der Waals surface area contributed by atoms with Gasteiger partial charge in [-0.2, -0.15) is 6.08 Å². The summed E-state index contributed by atoms with van der Waals surface area (Å²) in [7, 11) is 0. The summed E-state index contributed by atoms with van der Waals surface area (Å²) in [5.74, 6) is 0. The maximum atomic E-state index is 3.30. The van der Waals surface area contributed by atoms with Crippen molar-refractivity contribution in [3.05, 3.63) is 95.6 Å². The van der Waals surface area contributed by atoms with Gasteiger partial charge in [-0.05, 0) is 24.0 Å². The summed E-state index contributed by atoms with van der Waals surface area (Å²) in [5.41, 5.74) is 4.24. The van der Waals surface area contributed by atoms with E-state index in [1.807, 2.05) is 0 Å². The Morgan fingerprint density at radius 2 is 1.33 bits per heavy atom. The number of aryl methyl sites for hydroxylation is 2. The molecule has 0 amide bonds. The molecule has 0 spiro atoms. The molecule has 2 aromatic carbocycles. The first-order chi connectivity index (χ1) is 11.4. The van der Waals surface area contributed by atoms with Gasteiger partial charge >= 0.3 is 0 Å². The van der Waals surface area contributed by atoms with Crippen molar-refractivity contribution in [3.8, 4) is 0 Å². The van der Waals surface area contributed by atoms with Crippen LogP contribution < -0.4 is 0 Å². The summed E-state index contributed by atoms with van der Waals surface area (Å²) in [6.07, 6.45) is 14.8. The Bertz CT molecular complexity index is 557. The molecule has 24 heavy (non-hydrogen) atoms. The van der Waals surface area contributed by atoms with Crippen LogP contribution in [0.3, 0.4) is 0 Å². The molecule has 0 saturated carbocycles. The van der Waals surface area contributed by atoms with E-state index in [0.29, 0.717) is 0 Å². The molecule has 124 valence electrons. The van der Waals surface area contributed by atoms with Crippen LogP contribution in [-0.4, -0.2) is 0 Å². The molecule has 0 fully saturated rings. The van der Waals surface area contributed by atoms with Gasteiger partial charge in [0, 0.05) is 25.8 Å². The molecule has 0 atom stereocenters. The van der Waals surface area contributed by atoms with Crippen molar-refractivity contribution in [2.45, 2.75) is 45.4 Å². The van der Waals surface area contributed by atoms with Gasteiger partial charge in [0.05, 0.1) is 0 Å². The Balaban J connectivity index is 0.000000252. The third-order valence-electron chi connectivity index (χ3n) is 3.95. The van der Waals surface area contributed by atoms with Crippen LogP contribution in [0.4, 0.5) is 0 Å². The van der Waals surface area contributed by atoms with Crippen molar-refractivity contribution in [1.29, 1.82) is 0 Å². The minimum atomic E-state index is 0. The molecular weight excluding hydrogens is 455 g/mol. The fourth-order valence-corrected chi connectivity index (χ4v) is 2.57. The van der Waals surface area contributed by atoms with Crippen molar-refractivity contribution in [1.82, 2.24) is 0 Å². The van der Waals surface area contributed by atoms with Crippen LogP contribution in [0, 0.1) is 6.08 Å². The van der Waals surface area contributed by atoms with Crippen LogP contribution in [0.25, 0.3) is 0 Å². The molecule has 2 aromatic rings. The normalized spacial score (nSPS) is 12.0. The molecule has 1 aliphatic carbocycles. The van der Waals surface area contributed by atoms with Gasteiger partial charge in [-0.15, -0.1) is 6.42 Å². The third-order valence-corrected chi connectivity index (χ3v) is 3.95. The zero-order valence-electron chi connectivity index (χ0n) is 14.7. The van der Waals surface area contributed by atoms with E-state index in [-0.39, 0.29) is 25.8 Å². The molecule has 3 rings (SSSR count). The quantitative estimate of drug-likeness (QED) is 0.334. The number of rotatable bonds is 6. The van der Waals surface area contributed by atoms with E-state index in [2.05, 4.69) is 85.8 Å². The van der Waals surface area contributed by atoms with Crippen LogP contribution in [0.1, 0.15) is 43.7 Å². The van der Waals surface area contributed by atoms with Gasteiger partial charge in [-0.25, -0.2) is 11.6 Å². The minimum absolute atomic E-state index is 0. The summed E-state index contributed by atoms with van der Waals surface area (Å²) < 4.78 is 0. The molecule has 0 bridgehead atoms. The van der Waals surface area contributed by atoms with Gasteiger partial charge in [0.1, 0.15) is 0 Å². The second kappa shape index (κ2) is 13.1. The second-order valence-electron chi connectivity index (χ2n) is 5.88. The minimum Gasteiger partial charge on any atom is -0.269 e. The summed E-state index contributed by atoms with van der Waals surface area (Å²) in [5, 5.41) is 0. The summed E-state index contributed by atoms with van der Waals surface area (Å²) >= 11 is 0. The molecule has 0 N–H and O–H groups in total. The van der Waals surface area contributed by atoms with Crippen LogP contribution in [0.15, 0.2) is 78.4 Å². The summed E-state index contributed by atoms with van der Waals surface area (Å²) in [6, 6.07) is 21.2. The van der Waals surface area contributed by atoms with Crippen LogP contribution in [0.5, 0.6) is 0 Å². The van der Waals surface area contributed by atoms with Gasteiger partial charge in [0.25, 0.3) is 0 Å². The monoisotopic (exact) mass is 483 g/mol. The Hall–Kier alpha value is -1.21. The molecule has 0 unspecified atom stereocenters. The molecule has 0 saturated heterocycles. The fourth-order valence-electron chi connectivity index (χ4n) is 2.57. The van der Waals surface area contributed by atoms with Crippen LogP contribution >= 0.6 is 0 Å². The Kier molecular flexibility index (Phi) is 11.4. The molecule has 0 nitrogen and oxygen atoms in total. The first-order valence-electron chi connectivity index (χ1n) is 8.72. The molecule has 0 aliphatic heterocycles. The first-order valence-corrected chi connectivity index (χ1v) is 8.72. The summed E-state index contributed by atoms with van der Waals surface area (Å²) in [6.45, 7) is 2.22. The topological polar surface area (TPSA) is 0 Å². The maximum Gasteiger partial charge on any atom is 0 e. The van der Waals surface area contributed by atoms with Gasteiger partial charge < -0.3 is 0 Å². The number of benzene rings is 2. The zero-order valence-corrected chi connectivity index (χ0v) is 18.3. The molecule has 0 radical (unpaired) electrons. The van der Waals surface area contributed by atoms with E-state index < -0.39 is 0 Å². The number of hydrogen-bond donors (Lipinski definition) is 0. The number of allylic oxidation sites excluding steroid dienone is 4. The van der Waals surface area contributed by atoms with E-state index >= 15 is 0 Å². The van der Waals surface area contributed by atoms with E-state index in [0.717, 1.165) is 19.3 Å². The van der Waals surface area contributed by atoms with E-state index in [1.54, 1.807) is 0 Å². The smallest absolute Gasteiger partial charge is 0 e. The summed E-state index contributed by atoms with van der Waals surface area (Å²) in [4.78, 5) is 0. The van der Waals surface area contributed by atoms with E-state index in [4.69, 9.17) is 0 Å². The average molecular weight is 482 g/mol. The third kappa shape index (κ3) is 8.59. The molecule has 0 heterocycles. The Morgan fingerprint density at radius 1 is 0.792 bits per heavy atom. The van der Waals surface area contributed by atoms with Crippen molar-refractivity contribution >= 4 is 0 Å². The number of hydrogen-bond acceptors (Lipinski definition) is 0. The fraction of sp³-hybridized carbons (Fsp3) is 0.304. The zero-order chi connectivity index (χ0) is 16.2. The van der Waals surface area contributed by atoms with Crippen molar-refractivity contribution < 1.29 is 25.8 Å². The molecular formula is C23H27Hf-. The average Bonchev–Trinajstić information content (AvgIpc) is 3.14. The van der Waals surface area contributed by atoms with Crippen molar-refractivity contribution in [2.24, 2.45) is 0 Å². The largest absolute Gasteiger partial charge is 0.269 e. The Labute approximate surface area is 166 Å². The molecule has 0 aromatic heterocycles. The maximum absolute atomic E-state index is 3.30. The number of unbranched alkanes of at least 4 members (excludes halogenated alkanes) is 1. The predicted octanol–water partition coefficient (Wildman–Crippen LogP) is 6.34. The van der Waals surface area contributed by atoms with Crippen molar-refractivity contribution in [3.63, 3.8) is 0 Å². The molecule has 1 heteroatoms. The second-order valence-corrected chi connectivity index (χ2v) is 5.88. The first kappa shape index (κ1) is 20.8. The van der Waals surface area contributed by atoms with Gasteiger partial charge in [-0.1, -0.05) is 86.8 Å². The van der Waals surface area contributed by atoms with Gasteiger partial charge in [0.15, 0.2) is 0 Å². The Morgan fingerprint density at radius 3 is 1.75 bits per heavy atom.